The summed E-state index contributed by atoms with van der Waals surface area (Å²) in [4.78, 5) is 28.4. The summed E-state index contributed by atoms with van der Waals surface area (Å²) in [6.45, 7) is 5.80. The van der Waals surface area contributed by atoms with Crippen molar-refractivity contribution in [3.63, 3.8) is 0 Å². The predicted octanol–water partition coefficient (Wildman–Crippen LogP) is -0.907. The molecule has 0 aliphatic rings. The molecule has 100 valence electrons. The van der Waals surface area contributed by atoms with Crippen molar-refractivity contribution in [2.45, 2.75) is 25.9 Å². The molecule has 0 aromatic carbocycles. The average molecular weight is 250 g/mol. The molecule has 0 unspecified atom stereocenters. The van der Waals surface area contributed by atoms with E-state index in [2.05, 4.69) is 6.58 Å². The number of hydrogen-bond donors (Lipinski definition) is 5. The third kappa shape index (κ3) is 31.5. The Kier molecular flexibility index (Phi) is 14.6. The zero-order valence-corrected chi connectivity index (χ0v) is 9.66. The normalized spacial score (nSPS) is 11.5. The van der Waals surface area contributed by atoms with Gasteiger partial charge in [0.2, 0.25) is 0 Å². The van der Waals surface area contributed by atoms with Crippen LogP contribution in [-0.2, 0) is 14.4 Å². The summed E-state index contributed by atoms with van der Waals surface area (Å²) in [6.07, 6.45) is 0.833. The van der Waals surface area contributed by atoms with Gasteiger partial charge >= 0.3 is 17.9 Å². The van der Waals surface area contributed by atoms with Crippen LogP contribution in [0.25, 0.3) is 0 Å². The maximum absolute atomic E-state index is 9.57. The second-order valence-corrected chi connectivity index (χ2v) is 2.80. The first kappa shape index (κ1) is 20.5. The minimum atomic E-state index is -0.981. The Balaban J connectivity index is -0.000000174. The molecule has 0 aromatic heterocycles. The Morgan fingerprint density at radius 3 is 1.12 bits per heavy atom. The van der Waals surface area contributed by atoms with Crippen molar-refractivity contribution in [3.05, 3.63) is 12.7 Å². The van der Waals surface area contributed by atoms with E-state index in [-0.39, 0.29) is 0 Å². The number of carboxylic acid groups (broad SMARTS) is 3. The van der Waals surface area contributed by atoms with Crippen molar-refractivity contribution in [2.75, 3.05) is 0 Å². The molecule has 0 rings (SSSR count). The van der Waals surface area contributed by atoms with Gasteiger partial charge in [-0.15, -0.1) is 0 Å². The van der Waals surface area contributed by atoms with Crippen LogP contribution >= 0.6 is 0 Å². The van der Waals surface area contributed by atoms with E-state index in [9.17, 15) is 14.4 Å². The van der Waals surface area contributed by atoms with Crippen molar-refractivity contribution in [1.82, 2.24) is 0 Å². The molecular formula is C9H18N2O6. The lowest BCUT2D eigenvalue weighted by Crippen LogP contribution is -2.25. The summed E-state index contributed by atoms with van der Waals surface area (Å²) < 4.78 is 0. The first-order valence-corrected chi connectivity index (χ1v) is 4.38. The predicted molar refractivity (Wildman–Crippen MR) is 60.4 cm³/mol. The number of carboxylic acids is 3. The third-order valence-electron chi connectivity index (χ3n) is 0.954. The van der Waals surface area contributed by atoms with Gasteiger partial charge in [-0.1, -0.05) is 6.58 Å². The molecule has 0 radical (unpaired) electrons. The van der Waals surface area contributed by atoms with Gasteiger partial charge in [-0.05, 0) is 13.8 Å². The van der Waals surface area contributed by atoms with Gasteiger partial charge in [-0.3, -0.25) is 9.59 Å². The summed E-state index contributed by atoms with van der Waals surface area (Å²) in [7, 11) is 0. The van der Waals surface area contributed by atoms with Gasteiger partial charge in [0, 0.05) is 6.08 Å². The van der Waals surface area contributed by atoms with E-state index in [1.54, 1.807) is 0 Å². The summed E-state index contributed by atoms with van der Waals surface area (Å²) in [5, 5.41) is 23.3. The van der Waals surface area contributed by atoms with E-state index in [0.29, 0.717) is 0 Å². The highest BCUT2D eigenvalue weighted by atomic mass is 16.4. The second-order valence-electron chi connectivity index (χ2n) is 2.80. The van der Waals surface area contributed by atoms with Gasteiger partial charge in [-0.25, -0.2) is 4.79 Å². The Morgan fingerprint density at radius 2 is 1.12 bits per heavy atom. The second kappa shape index (κ2) is 12.1. The number of hydrogen-bond acceptors (Lipinski definition) is 5. The maximum Gasteiger partial charge on any atom is 0.327 e. The van der Waals surface area contributed by atoms with Gasteiger partial charge in [0.05, 0.1) is 0 Å². The highest BCUT2D eigenvalue weighted by molar-refractivity contribution is 5.78. The summed E-state index contributed by atoms with van der Waals surface area (Å²) in [6, 6.07) is -1.46. The Hall–Kier alpha value is -1.93. The van der Waals surface area contributed by atoms with Gasteiger partial charge in [0.1, 0.15) is 12.1 Å². The minimum absolute atomic E-state index is 0.731. The zero-order valence-electron chi connectivity index (χ0n) is 9.66. The zero-order chi connectivity index (χ0) is 14.6. The smallest absolute Gasteiger partial charge is 0.327 e. The van der Waals surface area contributed by atoms with Crippen molar-refractivity contribution in [1.29, 1.82) is 0 Å². The molecule has 0 aliphatic heterocycles. The number of aliphatic carboxylic acids is 3. The Labute approximate surface area is 98.5 Å². The molecule has 0 heterocycles. The summed E-state index contributed by atoms with van der Waals surface area (Å²) >= 11 is 0. The number of carbonyl (C=O) groups is 3. The average Bonchev–Trinajstić information content (AvgIpc) is 2.19. The fraction of sp³-hybridized carbons (Fsp3) is 0.444. The van der Waals surface area contributed by atoms with Crippen molar-refractivity contribution in [3.8, 4) is 0 Å². The third-order valence-corrected chi connectivity index (χ3v) is 0.954. The van der Waals surface area contributed by atoms with E-state index < -0.39 is 30.0 Å². The molecule has 0 aliphatic carbocycles. The molecule has 17 heavy (non-hydrogen) atoms. The summed E-state index contributed by atoms with van der Waals surface area (Å²) in [5.41, 5.74) is 9.67. The number of rotatable bonds is 3. The minimum Gasteiger partial charge on any atom is -0.480 e. The van der Waals surface area contributed by atoms with Gasteiger partial charge in [-0.2, -0.15) is 0 Å². The highest BCUT2D eigenvalue weighted by Gasteiger charge is 2.00. The molecule has 0 aromatic rings. The van der Waals surface area contributed by atoms with Crippen LogP contribution in [0.1, 0.15) is 13.8 Å². The van der Waals surface area contributed by atoms with E-state index in [0.717, 1.165) is 6.08 Å². The molecule has 2 atom stereocenters. The number of nitrogens with two attached hydrogens (primary N) is 2. The Morgan fingerprint density at radius 1 is 1.00 bits per heavy atom. The van der Waals surface area contributed by atoms with Crippen LogP contribution in [0.15, 0.2) is 12.7 Å². The maximum atomic E-state index is 9.57. The molecule has 0 saturated carbocycles. The van der Waals surface area contributed by atoms with Gasteiger partial charge in [0.15, 0.2) is 0 Å². The quantitative estimate of drug-likeness (QED) is 0.402. The van der Waals surface area contributed by atoms with Crippen LogP contribution in [0.3, 0.4) is 0 Å². The van der Waals surface area contributed by atoms with E-state index in [1.165, 1.54) is 13.8 Å². The first-order valence-electron chi connectivity index (χ1n) is 4.38. The van der Waals surface area contributed by atoms with Crippen molar-refractivity contribution >= 4 is 17.9 Å². The van der Waals surface area contributed by atoms with Crippen LogP contribution in [0, 0.1) is 0 Å². The van der Waals surface area contributed by atoms with Crippen LogP contribution in [0.5, 0.6) is 0 Å². The molecule has 0 saturated heterocycles. The highest BCUT2D eigenvalue weighted by Crippen LogP contribution is 1.68. The van der Waals surface area contributed by atoms with Gasteiger partial charge < -0.3 is 26.8 Å². The lowest BCUT2D eigenvalue weighted by atomic mass is 10.4. The molecular weight excluding hydrogens is 232 g/mol. The van der Waals surface area contributed by atoms with Crippen LogP contribution in [0.4, 0.5) is 0 Å². The van der Waals surface area contributed by atoms with Crippen LogP contribution in [0.2, 0.25) is 0 Å². The SMILES string of the molecule is C=CC(=O)O.C[C@H](N)C(=O)O.C[C@H](N)C(=O)O. The van der Waals surface area contributed by atoms with Crippen LogP contribution in [-0.4, -0.2) is 45.3 Å². The summed E-state index contributed by atoms with van der Waals surface area (Å²) in [5.74, 6) is -2.91. The fourth-order valence-corrected chi connectivity index (χ4v) is 0. The standard InChI is InChI=1S/2C3H7NO2.C3H4O2/c2*1-2(4)3(5)6;1-2-3(4)5/h2*2H,4H2,1H3,(H,5,6);2H,1H2,(H,4,5)/t2*2-;/m00./s1. The Bertz CT molecular complexity index is 244. The lowest BCUT2D eigenvalue weighted by Gasteiger charge is -1.90. The van der Waals surface area contributed by atoms with Crippen molar-refractivity contribution < 1.29 is 29.7 Å². The van der Waals surface area contributed by atoms with E-state index in [4.69, 9.17) is 26.8 Å². The van der Waals surface area contributed by atoms with E-state index in [1.807, 2.05) is 0 Å². The van der Waals surface area contributed by atoms with Crippen molar-refractivity contribution in [2.24, 2.45) is 11.5 Å². The molecule has 8 heteroatoms. The van der Waals surface area contributed by atoms with Gasteiger partial charge in [0.25, 0.3) is 0 Å². The first-order chi connectivity index (χ1) is 7.56. The molecule has 0 fully saturated rings. The molecule has 7 N–H and O–H groups in total. The molecule has 8 nitrogen and oxygen atoms in total. The largest absolute Gasteiger partial charge is 0.480 e. The monoisotopic (exact) mass is 250 g/mol. The molecule has 0 bridgehead atoms. The van der Waals surface area contributed by atoms with E-state index >= 15 is 0 Å². The molecule has 0 spiro atoms. The molecule has 0 amide bonds. The van der Waals surface area contributed by atoms with Crippen LogP contribution < -0.4 is 11.5 Å². The lowest BCUT2D eigenvalue weighted by molar-refractivity contribution is -0.139. The fourth-order valence-electron chi connectivity index (χ4n) is 0. The topological polar surface area (TPSA) is 164 Å².